The third kappa shape index (κ3) is 3.12. The van der Waals surface area contributed by atoms with Crippen molar-refractivity contribution in [3.63, 3.8) is 0 Å². The van der Waals surface area contributed by atoms with Crippen LogP contribution >= 0.6 is 15.9 Å². The molecule has 1 N–H and O–H groups in total. The third-order valence-electron chi connectivity index (χ3n) is 3.96. The van der Waals surface area contributed by atoms with E-state index >= 15 is 0 Å². The predicted octanol–water partition coefficient (Wildman–Crippen LogP) is 3.71. The van der Waals surface area contributed by atoms with E-state index in [9.17, 15) is 0 Å². The van der Waals surface area contributed by atoms with Crippen LogP contribution in [0, 0.1) is 5.92 Å². The van der Waals surface area contributed by atoms with Gasteiger partial charge in [0.05, 0.1) is 17.7 Å². The smallest absolute Gasteiger partial charge is 0.175 e. The standard InChI is InChI=1S/C16H22BrNO2/c1-10(2)18-9-12-6-13(12)11-7-14(17)16-15(8-11)19-4-3-5-20-16/h7-8,10,12-13,18H,3-6,9H2,1-2H3. The molecule has 1 aliphatic carbocycles. The summed E-state index contributed by atoms with van der Waals surface area (Å²) in [7, 11) is 0. The Bertz CT molecular complexity index is 490. The number of nitrogens with one attached hydrogen (secondary N) is 1. The van der Waals surface area contributed by atoms with Gasteiger partial charge in [0.1, 0.15) is 0 Å². The summed E-state index contributed by atoms with van der Waals surface area (Å²) in [4.78, 5) is 0. The fourth-order valence-corrected chi connectivity index (χ4v) is 3.31. The Morgan fingerprint density at radius 3 is 2.90 bits per heavy atom. The molecule has 0 bridgehead atoms. The van der Waals surface area contributed by atoms with E-state index in [1.807, 2.05) is 0 Å². The SMILES string of the molecule is CC(C)NCC1CC1c1cc(Br)c2c(c1)OCCCO2. The zero-order chi connectivity index (χ0) is 14.1. The largest absolute Gasteiger partial charge is 0.490 e. The Hall–Kier alpha value is -0.740. The Balaban J connectivity index is 1.72. The summed E-state index contributed by atoms with van der Waals surface area (Å²) >= 11 is 3.63. The van der Waals surface area contributed by atoms with E-state index in [0.717, 1.165) is 48.1 Å². The van der Waals surface area contributed by atoms with Crippen LogP contribution in [0.4, 0.5) is 0 Å². The van der Waals surface area contributed by atoms with Gasteiger partial charge in [0.15, 0.2) is 11.5 Å². The topological polar surface area (TPSA) is 30.5 Å². The van der Waals surface area contributed by atoms with Crippen LogP contribution in [-0.2, 0) is 0 Å². The summed E-state index contributed by atoms with van der Waals surface area (Å²) in [5.74, 6) is 3.18. The van der Waals surface area contributed by atoms with Gasteiger partial charge in [-0.15, -0.1) is 0 Å². The third-order valence-corrected chi connectivity index (χ3v) is 4.55. The van der Waals surface area contributed by atoms with E-state index in [-0.39, 0.29) is 0 Å². The van der Waals surface area contributed by atoms with Crippen molar-refractivity contribution in [1.29, 1.82) is 0 Å². The van der Waals surface area contributed by atoms with E-state index in [1.54, 1.807) is 0 Å². The van der Waals surface area contributed by atoms with Gasteiger partial charge in [-0.1, -0.05) is 13.8 Å². The first-order valence-corrected chi connectivity index (χ1v) is 8.27. The van der Waals surface area contributed by atoms with Crippen LogP contribution < -0.4 is 14.8 Å². The van der Waals surface area contributed by atoms with Crippen LogP contribution in [0.5, 0.6) is 11.5 Å². The van der Waals surface area contributed by atoms with Crippen LogP contribution in [-0.4, -0.2) is 25.8 Å². The van der Waals surface area contributed by atoms with Crippen LogP contribution in [0.25, 0.3) is 0 Å². The van der Waals surface area contributed by atoms with E-state index in [0.29, 0.717) is 12.0 Å². The van der Waals surface area contributed by atoms with Gasteiger partial charge < -0.3 is 14.8 Å². The summed E-state index contributed by atoms with van der Waals surface area (Å²) in [5.41, 5.74) is 1.37. The minimum absolute atomic E-state index is 0.562. The summed E-state index contributed by atoms with van der Waals surface area (Å²) in [6.45, 7) is 6.97. The number of halogens is 1. The van der Waals surface area contributed by atoms with Crippen molar-refractivity contribution in [3.05, 3.63) is 22.2 Å². The number of ether oxygens (including phenoxy) is 2. The minimum atomic E-state index is 0.562. The van der Waals surface area contributed by atoms with Crippen molar-refractivity contribution in [2.45, 2.75) is 38.6 Å². The van der Waals surface area contributed by atoms with Gasteiger partial charge in [-0.05, 0) is 58.4 Å². The molecular weight excluding hydrogens is 318 g/mol. The van der Waals surface area contributed by atoms with Gasteiger partial charge in [0.25, 0.3) is 0 Å². The van der Waals surface area contributed by atoms with Crippen molar-refractivity contribution in [2.75, 3.05) is 19.8 Å². The highest BCUT2D eigenvalue weighted by Gasteiger charge is 2.38. The molecule has 2 unspecified atom stereocenters. The number of hydrogen-bond donors (Lipinski definition) is 1. The monoisotopic (exact) mass is 339 g/mol. The minimum Gasteiger partial charge on any atom is -0.490 e. The molecule has 1 aliphatic heterocycles. The molecule has 0 spiro atoms. The van der Waals surface area contributed by atoms with Gasteiger partial charge in [-0.25, -0.2) is 0 Å². The van der Waals surface area contributed by atoms with Crippen LogP contribution in [0.15, 0.2) is 16.6 Å². The highest BCUT2D eigenvalue weighted by Crippen LogP contribution is 2.50. The summed E-state index contributed by atoms with van der Waals surface area (Å²) < 4.78 is 12.6. The van der Waals surface area contributed by atoms with Gasteiger partial charge in [-0.3, -0.25) is 0 Å². The highest BCUT2D eigenvalue weighted by molar-refractivity contribution is 9.10. The number of hydrogen-bond acceptors (Lipinski definition) is 3. The van der Waals surface area contributed by atoms with Crippen molar-refractivity contribution >= 4 is 15.9 Å². The molecule has 20 heavy (non-hydrogen) atoms. The Morgan fingerprint density at radius 1 is 1.30 bits per heavy atom. The van der Waals surface area contributed by atoms with Crippen LogP contribution in [0.2, 0.25) is 0 Å². The molecule has 0 amide bonds. The van der Waals surface area contributed by atoms with Crippen molar-refractivity contribution in [2.24, 2.45) is 5.92 Å². The first kappa shape index (κ1) is 14.2. The lowest BCUT2D eigenvalue weighted by Crippen LogP contribution is -2.25. The van der Waals surface area contributed by atoms with E-state index < -0.39 is 0 Å². The second-order valence-electron chi connectivity index (χ2n) is 6.05. The molecule has 1 fully saturated rings. The molecular formula is C16H22BrNO2. The first-order chi connectivity index (χ1) is 9.65. The zero-order valence-corrected chi connectivity index (χ0v) is 13.7. The maximum Gasteiger partial charge on any atom is 0.175 e. The fourth-order valence-electron chi connectivity index (χ4n) is 2.73. The van der Waals surface area contributed by atoms with E-state index in [1.165, 1.54) is 12.0 Å². The highest BCUT2D eigenvalue weighted by atomic mass is 79.9. The molecule has 3 nitrogen and oxygen atoms in total. The van der Waals surface area contributed by atoms with E-state index in [4.69, 9.17) is 9.47 Å². The summed E-state index contributed by atoms with van der Waals surface area (Å²) in [5, 5.41) is 3.53. The molecule has 0 saturated heterocycles. The molecule has 2 aliphatic rings. The summed E-state index contributed by atoms with van der Waals surface area (Å²) in [6, 6.07) is 4.94. The lowest BCUT2D eigenvalue weighted by Gasteiger charge is -2.12. The lowest BCUT2D eigenvalue weighted by atomic mass is 10.1. The lowest BCUT2D eigenvalue weighted by molar-refractivity contribution is 0.296. The van der Waals surface area contributed by atoms with Crippen molar-refractivity contribution in [3.8, 4) is 11.5 Å². The maximum absolute atomic E-state index is 5.81. The van der Waals surface area contributed by atoms with Gasteiger partial charge in [0.2, 0.25) is 0 Å². The Morgan fingerprint density at radius 2 is 2.10 bits per heavy atom. The number of benzene rings is 1. The van der Waals surface area contributed by atoms with Gasteiger partial charge in [-0.2, -0.15) is 0 Å². The Kier molecular flexibility index (Phi) is 4.22. The van der Waals surface area contributed by atoms with Crippen molar-refractivity contribution < 1.29 is 9.47 Å². The summed E-state index contributed by atoms with van der Waals surface area (Å²) in [6.07, 6.45) is 2.21. The molecule has 0 aromatic heterocycles. The molecule has 3 rings (SSSR count). The molecule has 1 saturated carbocycles. The molecule has 1 heterocycles. The molecule has 1 aromatic rings. The molecule has 1 aromatic carbocycles. The van der Waals surface area contributed by atoms with Crippen molar-refractivity contribution in [1.82, 2.24) is 5.32 Å². The predicted molar refractivity (Wildman–Crippen MR) is 83.7 cm³/mol. The number of rotatable bonds is 4. The van der Waals surface area contributed by atoms with Crippen LogP contribution in [0.3, 0.4) is 0 Å². The molecule has 110 valence electrons. The average molecular weight is 340 g/mol. The molecule has 4 heteroatoms. The fraction of sp³-hybridized carbons (Fsp3) is 0.625. The second-order valence-corrected chi connectivity index (χ2v) is 6.90. The quantitative estimate of drug-likeness (QED) is 0.906. The van der Waals surface area contributed by atoms with Crippen LogP contribution in [0.1, 0.15) is 38.2 Å². The van der Waals surface area contributed by atoms with Gasteiger partial charge >= 0.3 is 0 Å². The normalized spacial score (nSPS) is 24.6. The number of fused-ring (bicyclic) bond motifs is 1. The first-order valence-electron chi connectivity index (χ1n) is 7.47. The molecule has 2 atom stereocenters. The molecule has 0 radical (unpaired) electrons. The van der Waals surface area contributed by atoms with Gasteiger partial charge in [0, 0.05) is 12.5 Å². The zero-order valence-electron chi connectivity index (χ0n) is 12.1. The maximum atomic E-state index is 5.81. The van der Waals surface area contributed by atoms with E-state index in [2.05, 4.69) is 47.2 Å². The Labute approximate surface area is 129 Å². The average Bonchev–Trinajstić information content (AvgIpc) is 3.19. The second kappa shape index (κ2) is 5.94.